The second-order valence-corrected chi connectivity index (χ2v) is 5.90. The lowest BCUT2D eigenvalue weighted by Gasteiger charge is -2.03. The normalized spacial score (nSPS) is 10.9. The molecule has 0 aliphatic carbocycles. The lowest BCUT2D eigenvalue weighted by Crippen LogP contribution is -2.07. The Labute approximate surface area is 137 Å². The molecule has 120 valence electrons. The van der Waals surface area contributed by atoms with E-state index in [-0.39, 0.29) is 5.91 Å². The van der Waals surface area contributed by atoms with Crippen LogP contribution in [0.2, 0.25) is 0 Å². The molecule has 23 heavy (non-hydrogen) atoms. The summed E-state index contributed by atoms with van der Waals surface area (Å²) in [5.41, 5.74) is 2.50. The number of carbonyl (C=O) groups excluding carboxylic acids is 1. The van der Waals surface area contributed by atoms with Crippen molar-refractivity contribution in [2.75, 3.05) is 30.9 Å². The molecule has 1 amide bonds. The summed E-state index contributed by atoms with van der Waals surface area (Å²) in [5, 5.41) is 11.2. The van der Waals surface area contributed by atoms with Crippen LogP contribution in [0.15, 0.2) is 30.5 Å². The molecule has 3 rings (SSSR count). The number of amides is 1. The Morgan fingerprint density at radius 3 is 3.04 bits per heavy atom. The number of nitrogens with one attached hydrogen (secondary N) is 2. The van der Waals surface area contributed by atoms with Crippen molar-refractivity contribution in [3.05, 3.63) is 30.5 Å². The summed E-state index contributed by atoms with van der Waals surface area (Å²) in [4.78, 5) is 16.5. The van der Waals surface area contributed by atoms with Crippen LogP contribution >= 0.6 is 11.3 Å². The van der Waals surface area contributed by atoms with E-state index in [0.29, 0.717) is 13.2 Å². The minimum Gasteiger partial charge on any atom is -0.383 e. The summed E-state index contributed by atoms with van der Waals surface area (Å²) in [6.45, 7) is 2.82. The Hall–Kier alpha value is -2.45. The second-order valence-electron chi connectivity index (χ2n) is 4.94. The lowest BCUT2D eigenvalue weighted by molar-refractivity contribution is -0.114. The fourth-order valence-electron chi connectivity index (χ4n) is 2.13. The number of hydrogen-bond acceptors (Lipinski definition) is 6. The number of rotatable bonds is 6. The van der Waals surface area contributed by atoms with E-state index in [4.69, 9.17) is 4.74 Å². The fraction of sp³-hybridized carbons (Fsp3) is 0.267. The van der Waals surface area contributed by atoms with Crippen LogP contribution in [0.4, 0.5) is 10.8 Å². The number of carbonyl (C=O) groups is 1. The van der Waals surface area contributed by atoms with E-state index in [0.717, 1.165) is 27.0 Å². The first-order chi connectivity index (χ1) is 11.2. The van der Waals surface area contributed by atoms with E-state index in [1.165, 1.54) is 18.3 Å². The predicted octanol–water partition coefficient (Wildman–Crippen LogP) is 2.47. The highest BCUT2D eigenvalue weighted by molar-refractivity contribution is 7.20. The Morgan fingerprint density at radius 2 is 2.30 bits per heavy atom. The quantitative estimate of drug-likeness (QED) is 0.678. The molecule has 0 radical (unpaired) electrons. The molecule has 2 N–H and O–H groups in total. The third-order valence-electron chi connectivity index (χ3n) is 3.10. The zero-order valence-corrected chi connectivity index (χ0v) is 13.7. The van der Waals surface area contributed by atoms with Gasteiger partial charge in [-0.3, -0.25) is 4.79 Å². The zero-order chi connectivity index (χ0) is 16.2. The number of benzene rings is 1. The molecule has 0 aliphatic rings. The first kappa shape index (κ1) is 15.4. The summed E-state index contributed by atoms with van der Waals surface area (Å²) < 4.78 is 6.75. The van der Waals surface area contributed by atoms with E-state index in [1.54, 1.807) is 11.6 Å². The number of fused-ring (bicyclic) bond motifs is 1. The van der Waals surface area contributed by atoms with Gasteiger partial charge in [-0.2, -0.15) is 0 Å². The molecule has 7 nitrogen and oxygen atoms in total. The van der Waals surface area contributed by atoms with Gasteiger partial charge in [-0.05, 0) is 12.1 Å². The van der Waals surface area contributed by atoms with Gasteiger partial charge in [0.05, 0.1) is 18.5 Å². The molecule has 0 atom stereocenters. The van der Waals surface area contributed by atoms with Crippen molar-refractivity contribution < 1.29 is 9.53 Å². The summed E-state index contributed by atoms with van der Waals surface area (Å²) in [6, 6.07) is 7.58. The second kappa shape index (κ2) is 6.76. The highest BCUT2D eigenvalue weighted by atomic mass is 32.1. The molecular weight excluding hydrogens is 314 g/mol. The topological polar surface area (TPSA) is 80.5 Å². The fourth-order valence-corrected chi connectivity index (χ4v) is 2.94. The maximum absolute atomic E-state index is 11.2. The van der Waals surface area contributed by atoms with Crippen LogP contribution in [-0.4, -0.2) is 40.8 Å². The SMILES string of the molecule is COCCNc1nn2cc(-c3cccc(NC(C)=O)c3)nc2s1. The van der Waals surface area contributed by atoms with Crippen molar-refractivity contribution >= 4 is 33.0 Å². The van der Waals surface area contributed by atoms with Gasteiger partial charge in [-0.25, -0.2) is 9.50 Å². The number of nitrogens with zero attached hydrogens (tertiary/aromatic N) is 3. The zero-order valence-electron chi connectivity index (χ0n) is 12.9. The van der Waals surface area contributed by atoms with Crippen LogP contribution in [0, 0.1) is 0 Å². The average Bonchev–Trinajstić information content (AvgIpc) is 3.05. The first-order valence-corrected chi connectivity index (χ1v) is 7.94. The molecule has 0 aliphatic heterocycles. The van der Waals surface area contributed by atoms with E-state index in [2.05, 4.69) is 20.7 Å². The third kappa shape index (κ3) is 3.66. The van der Waals surface area contributed by atoms with Gasteiger partial charge < -0.3 is 15.4 Å². The minimum absolute atomic E-state index is 0.0959. The summed E-state index contributed by atoms with van der Waals surface area (Å²) in [6.07, 6.45) is 1.88. The molecule has 1 aromatic carbocycles. The van der Waals surface area contributed by atoms with Gasteiger partial charge in [-0.1, -0.05) is 23.5 Å². The van der Waals surface area contributed by atoms with E-state index < -0.39 is 0 Å². The van der Waals surface area contributed by atoms with Crippen molar-refractivity contribution in [3.63, 3.8) is 0 Å². The molecule has 2 heterocycles. The Bertz CT molecular complexity index is 795. The van der Waals surface area contributed by atoms with E-state index in [1.807, 2.05) is 30.5 Å². The molecule has 0 spiro atoms. The van der Waals surface area contributed by atoms with Crippen LogP contribution in [-0.2, 0) is 9.53 Å². The number of anilines is 2. The van der Waals surface area contributed by atoms with Crippen molar-refractivity contribution in [2.24, 2.45) is 0 Å². The Balaban J connectivity index is 1.80. The predicted molar refractivity (Wildman–Crippen MR) is 91.0 cm³/mol. The highest BCUT2D eigenvalue weighted by Gasteiger charge is 2.10. The largest absolute Gasteiger partial charge is 0.383 e. The molecular formula is C15H17N5O2S. The summed E-state index contributed by atoms with van der Waals surface area (Å²) in [5.74, 6) is -0.0959. The van der Waals surface area contributed by atoms with Crippen LogP contribution in [0.25, 0.3) is 16.2 Å². The molecule has 3 aromatic rings. The van der Waals surface area contributed by atoms with E-state index >= 15 is 0 Å². The molecule has 0 unspecified atom stereocenters. The maximum Gasteiger partial charge on any atom is 0.221 e. The van der Waals surface area contributed by atoms with Gasteiger partial charge in [-0.15, -0.1) is 5.10 Å². The summed E-state index contributed by atoms with van der Waals surface area (Å²) in [7, 11) is 1.66. The van der Waals surface area contributed by atoms with Gasteiger partial charge in [0, 0.05) is 31.8 Å². The molecule has 8 heteroatoms. The minimum atomic E-state index is -0.0959. The molecule has 0 bridgehead atoms. The highest BCUT2D eigenvalue weighted by Crippen LogP contribution is 2.26. The third-order valence-corrected chi connectivity index (χ3v) is 3.98. The van der Waals surface area contributed by atoms with Crippen molar-refractivity contribution in [3.8, 4) is 11.3 Å². The first-order valence-electron chi connectivity index (χ1n) is 7.13. The molecule has 2 aromatic heterocycles. The van der Waals surface area contributed by atoms with Crippen molar-refractivity contribution in [1.82, 2.24) is 14.6 Å². The standard InChI is InChI=1S/C15H17N5O2S/c1-10(21)17-12-5-3-4-11(8-12)13-9-20-15(18-13)23-14(19-20)16-6-7-22-2/h3-5,8-9H,6-7H2,1-2H3,(H,16,19)(H,17,21). The van der Waals surface area contributed by atoms with Crippen LogP contribution < -0.4 is 10.6 Å². The van der Waals surface area contributed by atoms with Gasteiger partial charge in [0.15, 0.2) is 0 Å². The summed E-state index contributed by atoms with van der Waals surface area (Å²) >= 11 is 1.48. The smallest absolute Gasteiger partial charge is 0.221 e. The number of hydrogen-bond donors (Lipinski definition) is 2. The number of methoxy groups -OCH3 is 1. The van der Waals surface area contributed by atoms with Crippen LogP contribution in [0.5, 0.6) is 0 Å². The number of aromatic nitrogens is 3. The van der Waals surface area contributed by atoms with Gasteiger partial charge in [0.2, 0.25) is 16.0 Å². The maximum atomic E-state index is 11.2. The van der Waals surface area contributed by atoms with Gasteiger partial charge in [0.1, 0.15) is 0 Å². The van der Waals surface area contributed by atoms with Crippen molar-refractivity contribution in [1.29, 1.82) is 0 Å². The average molecular weight is 331 g/mol. The van der Waals surface area contributed by atoms with Crippen LogP contribution in [0.3, 0.4) is 0 Å². The monoisotopic (exact) mass is 331 g/mol. The van der Waals surface area contributed by atoms with E-state index in [9.17, 15) is 4.79 Å². The Kier molecular flexibility index (Phi) is 4.54. The number of imidazole rings is 1. The van der Waals surface area contributed by atoms with Gasteiger partial charge >= 0.3 is 0 Å². The molecule has 0 fully saturated rings. The Morgan fingerprint density at radius 1 is 1.43 bits per heavy atom. The van der Waals surface area contributed by atoms with Crippen molar-refractivity contribution in [2.45, 2.75) is 6.92 Å². The van der Waals surface area contributed by atoms with Gasteiger partial charge in [0.25, 0.3) is 0 Å². The number of ether oxygens (including phenoxy) is 1. The lowest BCUT2D eigenvalue weighted by atomic mass is 10.1. The molecule has 0 saturated carbocycles. The van der Waals surface area contributed by atoms with Crippen LogP contribution in [0.1, 0.15) is 6.92 Å². The molecule has 0 saturated heterocycles.